The van der Waals surface area contributed by atoms with Gasteiger partial charge in [-0.2, -0.15) is 0 Å². The van der Waals surface area contributed by atoms with Crippen LogP contribution in [0.1, 0.15) is 38.3 Å². The zero-order valence-electron chi connectivity index (χ0n) is 18.0. The number of esters is 3. The van der Waals surface area contributed by atoms with Crippen LogP contribution in [0.25, 0.3) is 0 Å². The van der Waals surface area contributed by atoms with Crippen molar-refractivity contribution in [3.63, 3.8) is 0 Å². The zero-order valence-corrected chi connectivity index (χ0v) is 18.0. The Kier molecular flexibility index (Phi) is 7.90. The summed E-state index contributed by atoms with van der Waals surface area (Å²) >= 11 is 0. The molecule has 3 rings (SSSR count). The number of hydrogen-bond donors (Lipinski definition) is 0. The van der Waals surface area contributed by atoms with Crippen molar-refractivity contribution in [3.05, 3.63) is 47.8 Å². The fraction of sp³-hybridized carbons (Fsp3) is 0.476. The third kappa shape index (κ3) is 6.34. The lowest BCUT2D eigenvalue weighted by molar-refractivity contribution is -0.241. The third-order valence-electron chi connectivity index (χ3n) is 4.50. The van der Waals surface area contributed by atoms with Gasteiger partial charge >= 0.3 is 17.9 Å². The molecule has 11 nitrogen and oxygen atoms in total. The van der Waals surface area contributed by atoms with Crippen LogP contribution in [-0.2, 0) is 51.3 Å². The van der Waals surface area contributed by atoms with Crippen molar-refractivity contribution in [2.24, 2.45) is 0 Å². The summed E-state index contributed by atoms with van der Waals surface area (Å²) < 4.78 is 28.7. The molecule has 0 N–H and O–H groups in total. The molecule has 1 saturated heterocycles. The number of benzene rings is 1. The van der Waals surface area contributed by atoms with Gasteiger partial charge in [-0.3, -0.25) is 14.4 Å². The molecular formula is C21H25N3O8. The third-order valence-corrected chi connectivity index (χ3v) is 4.50. The molecule has 32 heavy (non-hydrogen) atoms. The number of carbonyl (C=O) groups excluding carboxylic acids is 3. The summed E-state index contributed by atoms with van der Waals surface area (Å²) in [6.45, 7) is 4.14. The lowest BCUT2D eigenvalue weighted by atomic mass is 10.0. The highest BCUT2D eigenvalue weighted by molar-refractivity contribution is 5.68. The SMILES string of the molecule is CC(=O)O[C@@H]1[C@@H](OC(C)=O)[C@H](OC(C)=O)CO[C@H]1n1cc(COCc2ccccc2)nn1. The van der Waals surface area contributed by atoms with Crippen LogP contribution in [0.15, 0.2) is 36.5 Å². The summed E-state index contributed by atoms with van der Waals surface area (Å²) in [4.78, 5) is 34.9. The number of hydrogen-bond acceptors (Lipinski definition) is 10. The number of ether oxygens (including phenoxy) is 5. The average molecular weight is 447 g/mol. The van der Waals surface area contributed by atoms with Crippen molar-refractivity contribution in [2.75, 3.05) is 6.61 Å². The molecule has 1 aliphatic rings. The van der Waals surface area contributed by atoms with Gasteiger partial charge in [0.1, 0.15) is 5.69 Å². The molecule has 11 heteroatoms. The molecule has 4 atom stereocenters. The van der Waals surface area contributed by atoms with Gasteiger partial charge in [0.2, 0.25) is 0 Å². The summed E-state index contributed by atoms with van der Waals surface area (Å²) in [6.07, 6.45) is -2.52. The molecule has 2 heterocycles. The van der Waals surface area contributed by atoms with Gasteiger partial charge in [-0.25, -0.2) is 4.68 Å². The van der Waals surface area contributed by atoms with Gasteiger partial charge in [0.15, 0.2) is 24.5 Å². The monoisotopic (exact) mass is 447 g/mol. The zero-order chi connectivity index (χ0) is 23.1. The maximum absolute atomic E-state index is 11.7. The van der Waals surface area contributed by atoms with Crippen molar-refractivity contribution in [2.45, 2.75) is 58.5 Å². The molecule has 0 aliphatic carbocycles. The first-order chi connectivity index (χ1) is 15.3. The Labute approximate surface area is 184 Å². The van der Waals surface area contributed by atoms with E-state index in [9.17, 15) is 14.4 Å². The molecular weight excluding hydrogens is 422 g/mol. The Morgan fingerprint density at radius 1 is 0.969 bits per heavy atom. The van der Waals surface area contributed by atoms with Crippen LogP contribution in [0.5, 0.6) is 0 Å². The minimum Gasteiger partial charge on any atom is -0.456 e. The van der Waals surface area contributed by atoms with Gasteiger partial charge in [0.05, 0.1) is 26.0 Å². The lowest BCUT2D eigenvalue weighted by Gasteiger charge is -2.40. The topological polar surface area (TPSA) is 128 Å². The van der Waals surface area contributed by atoms with Crippen molar-refractivity contribution < 1.29 is 38.1 Å². The Balaban J connectivity index is 1.73. The van der Waals surface area contributed by atoms with Crippen LogP contribution in [0.2, 0.25) is 0 Å². The van der Waals surface area contributed by atoms with Crippen molar-refractivity contribution >= 4 is 17.9 Å². The number of nitrogens with zero attached hydrogens (tertiary/aromatic N) is 3. The fourth-order valence-corrected chi connectivity index (χ4v) is 3.30. The predicted molar refractivity (Wildman–Crippen MR) is 107 cm³/mol. The second-order valence-electron chi connectivity index (χ2n) is 7.19. The highest BCUT2D eigenvalue weighted by Crippen LogP contribution is 2.30. The first-order valence-electron chi connectivity index (χ1n) is 9.99. The van der Waals surface area contributed by atoms with E-state index in [1.54, 1.807) is 6.20 Å². The maximum atomic E-state index is 11.7. The molecule has 0 amide bonds. The second-order valence-corrected chi connectivity index (χ2v) is 7.19. The van der Waals surface area contributed by atoms with E-state index in [0.717, 1.165) is 5.56 Å². The van der Waals surface area contributed by atoms with Gasteiger partial charge in [-0.1, -0.05) is 35.5 Å². The molecule has 172 valence electrons. The molecule has 1 aliphatic heterocycles. The van der Waals surface area contributed by atoms with E-state index in [-0.39, 0.29) is 13.2 Å². The standard InChI is InChI=1S/C21H25N3O8/c1-13(25)30-18-12-29-21(20(32-15(3)27)19(18)31-14(2)26)24-9-17(22-23-24)11-28-10-16-7-5-4-6-8-16/h4-9,18-21H,10-12H2,1-3H3/t18-,19+,20-,21-/m1/s1. The number of aromatic nitrogens is 3. The second kappa shape index (κ2) is 10.8. The van der Waals surface area contributed by atoms with Crippen LogP contribution in [0.4, 0.5) is 0 Å². The Bertz CT molecular complexity index is 932. The molecule has 0 radical (unpaired) electrons. The number of rotatable bonds is 8. The normalized spacial score (nSPS) is 22.7. The van der Waals surface area contributed by atoms with Crippen LogP contribution in [0, 0.1) is 0 Å². The van der Waals surface area contributed by atoms with Crippen molar-refractivity contribution in [3.8, 4) is 0 Å². The molecule has 1 aromatic heterocycles. The van der Waals surface area contributed by atoms with Gasteiger partial charge < -0.3 is 23.7 Å². The van der Waals surface area contributed by atoms with E-state index in [4.69, 9.17) is 23.7 Å². The average Bonchev–Trinajstić information content (AvgIpc) is 3.19. The Morgan fingerprint density at radius 3 is 2.28 bits per heavy atom. The van der Waals surface area contributed by atoms with Crippen LogP contribution in [-0.4, -0.2) is 57.8 Å². The maximum Gasteiger partial charge on any atom is 0.303 e. The van der Waals surface area contributed by atoms with E-state index >= 15 is 0 Å². The quantitative estimate of drug-likeness (QED) is 0.432. The predicted octanol–water partition coefficient (Wildman–Crippen LogP) is 1.32. The molecule has 0 bridgehead atoms. The summed E-state index contributed by atoms with van der Waals surface area (Å²) in [7, 11) is 0. The molecule has 0 saturated carbocycles. The van der Waals surface area contributed by atoms with Crippen LogP contribution < -0.4 is 0 Å². The minimum atomic E-state index is -1.12. The Hall–Kier alpha value is -3.31. The first kappa shape index (κ1) is 23.4. The van der Waals surface area contributed by atoms with Crippen LogP contribution >= 0.6 is 0 Å². The van der Waals surface area contributed by atoms with Gasteiger partial charge in [-0.15, -0.1) is 5.10 Å². The van der Waals surface area contributed by atoms with Crippen LogP contribution in [0.3, 0.4) is 0 Å². The van der Waals surface area contributed by atoms with E-state index in [1.807, 2.05) is 30.3 Å². The molecule has 0 unspecified atom stereocenters. The largest absolute Gasteiger partial charge is 0.456 e. The van der Waals surface area contributed by atoms with Gasteiger partial charge in [0.25, 0.3) is 0 Å². The first-order valence-corrected chi connectivity index (χ1v) is 9.99. The van der Waals surface area contributed by atoms with E-state index in [2.05, 4.69) is 10.3 Å². The molecule has 2 aromatic rings. The van der Waals surface area contributed by atoms with Gasteiger partial charge in [-0.05, 0) is 5.56 Å². The molecule has 0 spiro atoms. The van der Waals surface area contributed by atoms with E-state index in [1.165, 1.54) is 25.5 Å². The van der Waals surface area contributed by atoms with E-state index in [0.29, 0.717) is 12.3 Å². The fourth-order valence-electron chi connectivity index (χ4n) is 3.30. The highest BCUT2D eigenvalue weighted by atomic mass is 16.6. The summed E-state index contributed by atoms with van der Waals surface area (Å²) in [6, 6.07) is 9.67. The molecule has 1 aromatic carbocycles. The minimum absolute atomic E-state index is 0.0976. The summed E-state index contributed by atoms with van der Waals surface area (Å²) in [5.41, 5.74) is 1.54. The molecule has 1 fully saturated rings. The summed E-state index contributed by atoms with van der Waals surface area (Å²) in [5, 5.41) is 8.11. The summed E-state index contributed by atoms with van der Waals surface area (Å²) in [5.74, 6) is -1.84. The van der Waals surface area contributed by atoms with Crippen molar-refractivity contribution in [1.29, 1.82) is 0 Å². The number of carbonyl (C=O) groups is 3. The smallest absolute Gasteiger partial charge is 0.303 e. The highest BCUT2D eigenvalue weighted by Gasteiger charge is 2.48. The van der Waals surface area contributed by atoms with Crippen molar-refractivity contribution in [1.82, 2.24) is 15.0 Å². The lowest BCUT2D eigenvalue weighted by Crippen LogP contribution is -2.55. The van der Waals surface area contributed by atoms with Gasteiger partial charge in [0, 0.05) is 20.8 Å². The van der Waals surface area contributed by atoms with E-state index < -0.39 is 42.4 Å². The Morgan fingerprint density at radius 2 is 1.62 bits per heavy atom.